The lowest BCUT2D eigenvalue weighted by Gasteiger charge is -2.22. The van der Waals surface area contributed by atoms with Crippen molar-refractivity contribution in [3.8, 4) is 0 Å². The summed E-state index contributed by atoms with van der Waals surface area (Å²) >= 11 is 0. The van der Waals surface area contributed by atoms with Crippen LogP contribution < -0.4 is 5.32 Å². The number of allylic oxidation sites excluding steroid dienone is 6. The lowest BCUT2D eigenvalue weighted by molar-refractivity contribution is -0.143. The lowest BCUT2D eigenvalue weighted by Crippen LogP contribution is -2.45. The number of rotatable bonds is 72. The summed E-state index contributed by atoms with van der Waals surface area (Å²) in [5.74, 6) is -0.0293. The maximum Gasteiger partial charge on any atom is 0.305 e. The van der Waals surface area contributed by atoms with Gasteiger partial charge in [-0.2, -0.15) is 0 Å². The molecule has 0 aliphatic rings. The van der Waals surface area contributed by atoms with Crippen LogP contribution in [0.2, 0.25) is 0 Å². The van der Waals surface area contributed by atoms with Crippen molar-refractivity contribution in [2.24, 2.45) is 0 Å². The van der Waals surface area contributed by atoms with E-state index in [2.05, 4.69) is 55.6 Å². The molecule has 0 spiro atoms. The number of hydrogen-bond acceptors (Lipinski definition) is 5. The van der Waals surface area contributed by atoms with Gasteiger partial charge in [-0.05, 0) is 83.5 Å². The monoisotopic (exact) mass is 1180 g/mol. The first-order valence-electron chi connectivity index (χ1n) is 38.2. The quantitative estimate of drug-likeness (QED) is 0.0320. The molecule has 0 fully saturated rings. The van der Waals surface area contributed by atoms with E-state index in [0.29, 0.717) is 25.9 Å². The van der Waals surface area contributed by atoms with Crippen molar-refractivity contribution in [3.63, 3.8) is 0 Å². The van der Waals surface area contributed by atoms with Crippen LogP contribution in [-0.2, 0) is 14.3 Å². The molecule has 0 rings (SSSR count). The second-order valence-electron chi connectivity index (χ2n) is 26.3. The minimum atomic E-state index is -0.669. The number of carbonyl (C=O) groups is 2. The van der Waals surface area contributed by atoms with E-state index in [1.165, 1.54) is 340 Å². The molecule has 496 valence electrons. The summed E-state index contributed by atoms with van der Waals surface area (Å²) in [7, 11) is 0. The van der Waals surface area contributed by atoms with Crippen LogP contribution in [0, 0.1) is 0 Å². The number of carbonyl (C=O) groups excluding carboxylic acids is 2. The molecule has 6 heteroatoms. The standard InChI is InChI=1S/C78H149NO5/c1-3-5-7-9-11-13-15-17-19-21-22-23-24-30-33-36-39-42-46-50-54-58-62-66-70-76(81)75(74-80)79-77(82)71-67-63-59-55-51-47-43-40-37-34-31-28-26-25-27-29-32-35-38-41-45-49-53-57-61-65-69-73-84-78(83)72-68-64-60-56-52-48-44-20-18-16-14-12-10-8-6-4-2/h20,25-26,29,32,44,75-76,80-81H,3-19,21-24,27-28,30-31,33-43,45-74H2,1-2H3,(H,79,82)/b26-25-,32-29-,44-20-. The summed E-state index contributed by atoms with van der Waals surface area (Å²) in [6, 6.07) is -0.546. The maximum atomic E-state index is 12.6. The number of unbranched alkanes of at least 4 members (excludes halogenated alkanes) is 55. The van der Waals surface area contributed by atoms with E-state index >= 15 is 0 Å². The number of esters is 1. The van der Waals surface area contributed by atoms with Crippen molar-refractivity contribution in [2.45, 2.75) is 437 Å². The van der Waals surface area contributed by atoms with Crippen molar-refractivity contribution in [2.75, 3.05) is 13.2 Å². The molecule has 0 aliphatic carbocycles. The first kappa shape index (κ1) is 82.1. The zero-order valence-electron chi connectivity index (χ0n) is 56.9. The third-order valence-corrected chi connectivity index (χ3v) is 17.9. The van der Waals surface area contributed by atoms with Gasteiger partial charge in [0.05, 0.1) is 25.4 Å². The average molecular weight is 1180 g/mol. The molecule has 2 unspecified atom stereocenters. The number of aliphatic hydroxyl groups excluding tert-OH is 2. The highest BCUT2D eigenvalue weighted by Gasteiger charge is 2.20. The first-order valence-corrected chi connectivity index (χ1v) is 38.2. The Morgan fingerprint density at radius 1 is 0.333 bits per heavy atom. The summed E-state index contributed by atoms with van der Waals surface area (Å²) in [6.45, 7) is 4.98. The summed E-state index contributed by atoms with van der Waals surface area (Å²) in [5.41, 5.74) is 0. The Morgan fingerprint density at radius 2 is 0.595 bits per heavy atom. The zero-order chi connectivity index (χ0) is 60.6. The summed E-state index contributed by atoms with van der Waals surface area (Å²) < 4.78 is 5.49. The van der Waals surface area contributed by atoms with Gasteiger partial charge in [-0.1, -0.05) is 365 Å². The largest absolute Gasteiger partial charge is 0.466 e. The van der Waals surface area contributed by atoms with Crippen LogP contribution in [0.1, 0.15) is 425 Å². The highest BCUT2D eigenvalue weighted by atomic mass is 16.5. The third kappa shape index (κ3) is 69.2. The molecule has 0 aromatic heterocycles. The molecule has 84 heavy (non-hydrogen) atoms. The Morgan fingerprint density at radius 3 is 0.917 bits per heavy atom. The fourth-order valence-corrected chi connectivity index (χ4v) is 12.1. The van der Waals surface area contributed by atoms with E-state index in [-0.39, 0.29) is 18.5 Å². The smallest absolute Gasteiger partial charge is 0.305 e. The molecule has 0 bridgehead atoms. The predicted molar refractivity (Wildman–Crippen MR) is 370 cm³/mol. The number of aliphatic hydroxyl groups is 2. The Balaban J connectivity index is 3.41. The van der Waals surface area contributed by atoms with Crippen LogP contribution in [0.3, 0.4) is 0 Å². The fourth-order valence-electron chi connectivity index (χ4n) is 12.1. The van der Waals surface area contributed by atoms with Gasteiger partial charge in [0.25, 0.3) is 0 Å². The summed E-state index contributed by atoms with van der Waals surface area (Å²) in [6.07, 6.45) is 95.0. The van der Waals surface area contributed by atoms with Crippen molar-refractivity contribution in [1.82, 2.24) is 5.32 Å². The molecule has 0 aromatic carbocycles. The van der Waals surface area contributed by atoms with Gasteiger partial charge in [-0.25, -0.2) is 0 Å². The van der Waals surface area contributed by atoms with E-state index in [1.807, 2.05) is 0 Å². The van der Waals surface area contributed by atoms with Crippen LogP contribution in [0.5, 0.6) is 0 Å². The Bertz CT molecular complexity index is 1360. The molecule has 0 heterocycles. The summed E-state index contributed by atoms with van der Waals surface area (Å²) in [4.78, 5) is 24.7. The van der Waals surface area contributed by atoms with Gasteiger partial charge >= 0.3 is 5.97 Å². The van der Waals surface area contributed by atoms with Gasteiger partial charge in [0.15, 0.2) is 0 Å². The predicted octanol–water partition coefficient (Wildman–Crippen LogP) is 25.0. The number of nitrogens with one attached hydrogen (secondary N) is 1. The average Bonchev–Trinajstić information content (AvgIpc) is 3.51. The van der Waals surface area contributed by atoms with Gasteiger partial charge < -0.3 is 20.3 Å². The van der Waals surface area contributed by atoms with Crippen LogP contribution >= 0.6 is 0 Å². The number of hydrogen-bond donors (Lipinski definition) is 3. The lowest BCUT2D eigenvalue weighted by atomic mass is 10.0. The fraction of sp³-hybridized carbons (Fsp3) is 0.897. The maximum absolute atomic E-state index is 12.6. The van der Waals surface area contributed by atoms with E-state index < -0.39 is 12.1 Å². The van der Waals surface area contributed by atoms with Crippen molar-refractivity contribution in [3.05, 3.63) is 36.5 Å². The molecule has 3 N–H and O–H groups in total. The minimum absolute atomic E-state index is 0.00407. The molecule has 0 radical (unpaired) electrons. The Kier molecular flexibility index (Phi) is 71.9. The molecule has 1 amide bonds. The normalized spacial score (nSPS) is 12.7. The molecular formula is C78H149NO5. The van der Waals surface area contributed by atoms with Gasteiger partial charge in [0.2, 0.25) is 5.91 Å². The van der Waals surface area contributed by atoms with Gasteiger partial charge in [-0.3, -0.25) is 9.59 Å². The topological polar surface area (TPSA) is 95.9 Å². The van der Waals surface area contributed by atoms with E-state index in [4.69, 9.17) is 4.74 Å². The molecule has 2 atom stereocenters. The van der Waals surface area contributed by atoms with Crippen molar-refractivity contribution in [1.29, 1.82) is 0 Å². The number of ether oxygens (including phenoxy) is 1. The Labute approximate surface area is 525 Å². The molecule has 6 nitrogen and oxygen atoms in total. The third-order valence-electron chi connectivity index (χ3n) is 17.9. The molecular weight excluding hydrogens is 1030 g/mol. The second-order valence-corrected chi connectivity index (χ2v) is 26.3. The summed E-state index contributed by atoms with van der Waals surface area (Å²) in [5, 5.41) is 23.5. The van der Waals surface area contributed by atoms with E-state index in [0.717, 1.165) is 51.4 Å². The van der Waals surface area contributed by atoms with Crippen molar-refractivity contribution >= 4 is 11.9 Å². The van der Waals surface area contributed by atoms with Gasteiger partial charge in [0, 0.05) is 12.8 Å². The van der Waals surface area contributed by atoms with Crippen LogP contribution in [0.15, 0.2) is 36.5 Å². The molecule has 0 aliphatic heterocycles. The molecule has 0 saturated heterocycles. The highest BCUT2D eigenvalue weighted by Crippen LogP contribution is 2.19. The van der Waals surface area contributed by atoms with Gasteiger partial charge in [-0.15, -0.1) is 0 Å². The second kappa shape index (κ2) is 73.5. The van der Waals surface area contributed by atoms with Crippen LogP contribution in [0.4, 0.5) is 0 Å². The molecule has 0 aromatic rings. The van der Waals surface area contributed by atoms with Crippen molar-refractivity contribution < 1.29 is 24.5 Å². The highest BCUT2D eigenvalue weighted by molar-refractivity contribution is 5.76. The minimum Gasteiger partial charge on any atom is -0.466 e. The Hall–Kier alpha value is -1.92. The SMILES string of the molecule is CCCCCCCCC/C=C\CCCCCCCC(=O)OCCCCCCCCCCC/C=C\C/C=C\CCCCCCCCCCCCCC(=O)NC(CO)C(O)CCCCCCCCCCCCCCCCCCCCCCCCCC. The van der Waals surface area contributed by atoms with E-state index in [1.54, 1.807) is 0 Å². The van der Waals surface area contributed by atoms with Crippen LogP contribution in [-0.4, -0.2) is 47.4 Å². The zero-order valence-corrected chi connectivity index (χ0v) is 56.9. The van der Waals surface area contributed by atoms with Crippen LogP contribution in [0.25, 0.3) is 0 Å². The van der Waals surface area contributed by atoms with Gasteiger partial charge in [0.1, 0.15) is 0 Å². The van der Waals surface area contributed by atoms with E-state index in [9.17, 15) is 19.8 Å². The molecule has 0 saturated carbocycles. The first-order chi connectivity index (χ1) is 41.5. The number of amides is 1.